The lowest BCUT2D eigenvalue weighted by Gasteiger charge is -2.23. The van der Waals surface area contributed by atoms with Crippen LogP contribution in [0.5, 0.6) is 0 Å². The standard InChI is InChI=1S/C14H18N2O/c1-14(5-7-17-10-14)16-9-11-2-3-13-12(8-11)4-6-15-13/h2-4,6,8,15-16H,5,7,9-10H2,1H3. The van der Waals surface area contributed by atoms with E-state index < -0.39 is 0 Å². The molecule has 1 unspecified atom stereocenters. The highest BCUT2D eigenvalue weighted by Gasteiger charge is 2.28. The van der Waals surface area contributed by atoms with Crippen LogP contribution in [0.1, 0.15) is 18.9 Å². The molecule has 3 rings (SSSR count). The van der Waals surface area contributed by atoms with Gasteiger partial charge in [0.05, 0.1) is 6.61 Å². The second-order valence-electron chi connectivity index (χ2n) is 5.12. The van der Waals surface area contributed by atoms with Gasteiger partial charge in [0.25, 0.3) is 0 Å². The largest absolute Gasteiger partial charge is 0.379 e. The maximum absolute atomic E-state index is 5.44. The van der Waals surface area contributed by atoms with Crippen molar-refractivity contribution in [2.75, 3.05) is 13.2 Å². The molecule has 0 spiro atoms. The Balaban J connectivity index is 1.71. The highest BCUT2D eigenvalue weighted by Crippen LogP contribution is 2.19. The summed E-state index contributed by atoms with van der Waals surface area (Å²) < 4.78 is 5.44. The van der Waals surface area contributed by atoms with Crippen molar-refractivity contribution in [2.24, 2.45) is 0 Å². The molecule has 0 saturated carbocycles. The summed E-state index contributed by atoms with van der Waals surface area (Å²) in [7, 11) is 0. The van der Waals surface area contributed by atoms with Gasteiger partial charge >= 0.3 is 0 Å². The van der Waals surface area contributed by atoms with Gasteiger partial charge in [-0.2, -0.15) is 0 Å². The van der Waals surface area contributed by atoms with E-state index in [0.29, 0.717) is 0 Å². The first kappa shape index (κ1) is 10.8. The third-order valence-corrected chi connectivity index (χ3v) is 3.56. The Morgan fingerprint density at radius 2 is 2.35 bits per heavy atom. The number of aromatic amines is 1. The average molecular weight is 230 g/mol. The molecular weight excluding hydrogens is 212 g/mol. The van der Waals surface area contributed by atoms with E-state index in [1.807, 2.05) is 6.20 Å². The minimum absolute atomic E-state index is 0.146. The van der Waals surface area contributed by atoms with Gasteiger partial charge in [-0.25, -0.2) is 0 Å². The Bertz CT molecular complexity index is 512. The van der Waals surface area contributed by atoms with Gasteiger partial charge < -0.3 is 15.0 Å². The Morgan fingerprint density at radius 3 is 3.18 bits per heavy atom. The van der Waals surface area contributed by atoms with Crippen LogP contribution in [-0.4, -0.2) is 23.7 Å². The number of ether oxygens (including phenoxy) is 1. The summed E-state index contributed by atoms with van der Waals surface area (Å²) in [6.07, 6.45) is 3.08. The van der Waals surface area contributed by atoms with Crippen LogP contribution in [0.3, 0.4) is 0 Å². The van der Waals surface area contributed by atoms with Crippen molar-refractivity contribution in [3.05, 3.63) is 36.0 Å². The number of hydrogen-bond donors (Lipinski definition) is 2. The maximum atomic E-state index is 5.44. The third-order valence-electron chi connectivity index (χ3n) is 3.56. The summed E-state index contributed by atoms with van der Waals surface area (Å²) in [6.45, 7) is 4.83. The lowest BCUT2D eigenvalue weighted by Crippen LogP contribution is -2.42. The molecule has 17 heavy (non-hydrogen) atoms. The zero-order valence-corrected chi connectivity index (χ0v) is 10.1. The topological polar surface area (TPSA) is 37.0 Å². The lowest BCUT2D eigenvalue weighted by atomic mass is 10.0. The molecule has 0 aliphatic carbocycles. The van der Waals surface area contributed by atoms with Gasteiger partial charge in [0.2, 0.25) is 0 Å². The minimum atomic E-state index is 0.146. The lowest BCUT2D eigenvalue weighted by molar-refractivity contribution is 0.171. The van der Waals surface area contributed by atoms with E-state index in [-0.39, 0.29) is 5.54 Å². The molecule has 0 radical (unpaired) electrons. The Morgan fingerprint density at radius 1 is 1.41 bits per heavy atom. The van der Waals surface area contributed by atoms with Crippen molar-refractivity contribution in [2.45, 2.75) is 25.4 Å². The molecule has 1 aliphatic heterocycles. The smallest absolute Gasteiger partial charge is 0.0646 e. The molecule has 2 heterocycles. The van der Waals surface area contributed by atoms with Gasteiger partial charge in [-0.05, 0) is 42.5 Å². The van der Waals surface area contributed by atoms with Crippen LogP contribution in [0.2, 0.25) is 0 Å². The molecule has 3 heteroatoms. The van der Waals surface area contributed by atoms with Crippen LogP contribution in [0, 0.1) is 0 Å². The van der Waals surface area contributed by atoms with Crippen molar-refractivity contribution < 1.29 is 4.74 Å². The fourth-order valence-electron chi connectivity index (χ4n) is 2.33. The van der Waals surface area contributed by atoms with Crippen molar-refractivity contribution in [3.8, 4) is 0 Å². The predicted molar refractivity (Wildman–Crippen MR) is 69.0 cm³/mol. The van der Waals surface area contributed by atoms with Crippen LogP contribution in [-0.2, 0) is 11.3 Å². The third kappa shape index (κ3) is 2.21. The van der Waals surface area contributed by atoms with Gasteiger partial charge in [-0.15, -0.1) is 0 Å². The zero-order valence-electron chi connectivity index (χ0n) is 10.1. The van der Waals surface area contributed by atoms with Crippen molar-refractivity contribution in [1.29, 1.82) is 0 Å². The van der Waals surface area contributed by atoms with Gasteiger partial charge in [-0.1, -0.05) is 6.07 Å². The fourth-order valence-corrected chi connectivity index (χ4v) is 2.33. The summed E-state index contributed by atoms with van der Waals surface area (Å²) >= 11 is 0. The Kier molecular flexibility index (Phi) is 2.65. The molecule has 1 aromatic carbocycles. The summed E-state index contributed by atoms with van der Waals surface area (Å²) in [5, 5.41) is 4.87. The molecule has 0 amide bonds. The molecular formula is C14H18N2O. The van der Waals surface area contributed by atoms with E-state index in [0.717, 1.165) is 26.2 Å². The highest BCUT2D eigenvalue weighted by molar-refractivity contribution is 5.79. The maximum Gasteiger partial charge on any atom is 0.0646 e. The van der Waals surface area contributed by atoms with E-state index in [9.17, 15) is 0 Å². The van der Waals surface area contributed by atoms with Crippen LogP contribution >= 0.6 is 0 Å². The number of fused-ring (bicyclic) bond motifs is 1. The molecule has 0 bridgehead atoms. The second kappa shape index (κ2) is 4.17. The SMILES string of the molecule is CC1(NCc2ccc3[nH]ccc3c2)CCOC1. The van der Waals surface area contributed by atoms with E-state index in [1.54, 1.807) is 0 Å². The second-order valence-corrected chi connectivity index (χ2v) is 5.12. The molecule has 90 valence electrons. The Hall–Kier alpha value is -1.32. The van der Waals surface area contributed by atoms with Crippen molar-refractivity contribution >= 4 is 10.9 Å². The van der Waals surface area contributed by atoms with E-state index in [1.165, 1.54) is 16.5 Å². The first-order chi connectivity index (χ1) is 8.25. The molecule has 3 nitrogen and oxygen atoms in total. The van der Waals surface area contributed by atoms with E-state index >= 15 is 0 Å². The first-order valence-electron chi connectivity index (χ1n) is 6.14. The number of rotatable bonds is 3. The summed E-state index contributed by atoms with van der Waals surface area (Å²) in [4.78, 5) is 3.21. The molecule has 2 aromatic rings. The number of nitrogens with one attached hydrogen (secondary N) is 2. The van der Waals surface area contributed by atoms with Gasteiger partial charge in [0, 0.05) is 30.4 Å². The first-order valence-corrected chi connectivity index (χ1v) is 6.14. The highest BCUT2D eigenvalue weighted by atomic mass is 16.5. The fraction of sp³-hybridized carbons (Fsp3) is 0.429. The quantitative estimate of drug-likeness (QED) is 0.849. The number of benzene rings is 1. The van der Waals surface area contributed by atoms with Gasteiger partial charge in [-0.3, -0.25) is 0 Å². The molecule has 1 saturated heterocycles. The Labute approximate surface area is 101 Å². The van der Waals surface area contributed by atoms with Crippen LogP contribution in [0.25, 0.3) is 10.9 Å². The van der Waals surface area contributed by atoms with Crippen LogP contribution in [0.4, 0.5) is 0 Å². The number of H-pyrrole nitrogens is 1. The van der Waals surface area contributed by atoms with Crippen molar-refractivity contribution in [1.82, 2.24) is 10.3 Å². The predicted octanol–water partition coefficient (Wildman–Crippen LogP) is 2.44. The van der Waals surface area contributed by atoms with E-state index in [4.69, 9.17) is 4.74 Å². The molecule has 1 aliphatic rings. The average Bonchev–Trinajstić information content (AvgIpc) is 2.95. The van der Waals surface area contributed by atoms with Gasteiger partial charge in [0.15, 0.2) is 0 Å². The normalized spacial score (nSPS) is 24.5. The number of hydrogen-bond acceptors (Lipinski definition) is 2. The molecule has 1 atom stereocenters. The molecule has 2 N–H and O–H groups in total. The molecule has 1 aromatic heterocycles. The van der Waals surface area contributed by atoms with E-state index in [2.05, 4.69) is 41.5 Å². The van der Waals surface area contributed by atoms with Gasteiger partial charge in [0.1, 0.15) is 0 Å². The summed E-state index contributed by atoms with van der Waals surface area (Å²) in [6, 6.07) is 8.65. The summed E-state index contributed by atoms with van der Waals surface area (Å²) in [5.74, 6) is 0. The van der Waals surface area contributed by atoms with Crippen LogP contribution in [0.15, 0.2) is 30.5 Å². The monoisotopic (exact) mass is 230 g/mol. The molecule has 1 fully saturated rings. The van der Waals surface area contributed by atoms with Crippen molar-refractivity contribution in [3.63, 3.8) is 0 Å². The summed E-state index contributed by atoms with van der Waals surface area (Å²) in [5.41, 5.74) is 2.67. The number of aromatic nitrogens is 1. The van der Waals surface area contributed by atoms with Crippen LogP contribution < -0.4 is 5.32 Å². The zero-order chi connectivity index (χ0) is 11.7. The minimum Gasteiger partial charge on any atom is -0.379 e.